The minimum atomic E-state index is -4.36. The summed E-state index contributed by atoms with van der Waals surface area (Å²) in [5.74, 6) is -0.658. The summed E-state index contributed by atoms with van der Waals surface area (Å²) in [6.07, 6.45) is 0. The van der Waals surface area contributed by atoms with Crippen LogP contribution in [0.1, 0.15) is 31.8 Å². The van der Waals surface area contributed by atoms with Gasteiger partial charge in [0.1, 0.15) is 0 Å². The molecule has 0 heterocycles. The molecule has 8 heteroatoms. The average Bonchev–Trinajstić information content (AvgIpc) is 2.68. The van der Waals surface area contributed by atoms with E-state index >= 15 is 0 Å². The van der Waals surface area contributed by atoms with Crippen LogP contribution in [0.3, 0.4) is 0 Å². The van der Waals surface area contributed by atoms with Crippen molar-refractivity contribution in [3.05, 3.63) is 99.0 Å². The summed E-state index contributed by atoms with van der Waals surface area (Å²) in [5, 5.41) is 0.501. The van der Waals surface area contributed by atoms with Gasteiger partial charge in [-0.1, -0.05) is 59.6 Å². The number of benzene rings is 3. The topological polar surface area (TPSA) is 91.7 Å². The van der Waals surface area contributed by atoms with E-state index in [2.05, 4.69) is 0 Å². The molecule has 0 atom stereocenters. The highest BCUT2D eigenvalue weighted by molar-refractivity contribution is 7.60. The molecule has 142 valence electrons. The molecule has 0 saturated carbocycles. The predicted octanol–water partition coefficient (Wildman–Crippen LogP) is 4.26. The summed E-state index contributed by atoms with van der Waals surface area (Å²) in [5.41, 5.74) is 1.21. The zero-order valence-electron chi connectivity index (χ0n) is 14.2. The standard InChI is InChI=1S/C20H13Cl2O5P/c21-15-7-10-18(22)17(11-15)20(24)14-3-1-12(2-4-14)19(23)13-5-8-16(9-6-13)28(25,26)27/h1-11H,(H2,25,26,27). The lowest BCUT2D eigenvalue weighted by molar-refractivity contribution is 0.102. The van der Waals surface area contributed by atoms with Gasteiger partial charge in [0.05, 0.1) is 10.3 Å². The fourth-order valence-electron chi connectivity index (χ4n) is 2.57. The molecule has 0 aliphatic carbocycles. The van der Waals surface area contributed by atoms with Gasteiger partial charge in [0, 0.05) is 27.3 Å². The quantitative estimate of drug-likeness (QED) is 0.462. The zero-order valence-corrected chi connectivity index (χ0v) is 16.6. The number of hydrogen-bond donors (Lipinski definition) is 2. The first-order valence-corrected chi connectivity index (χ1v) is 10.3. The number of halogens is 2. The van der Waals surface area contributed by atoms with Crippen LogP contribution in [0.2, 0.25) is 10.0 Å². The first kappa shape index (κ1) is 20.5. The van der Waals surface area contributed by atoms with E-state index in [9.17, 15) is 14.2 Å². The molecule has 0 aliphatic heterocycles. The van der Waals surface area contributed by atoms with Gasteiger partial charge in [0.25, 0.3) is 0 Å². The Hall–Kier alpha value is -2.27. The van der Waals surface area contributed by atoms with Gasteiger partial charge in [-0.05, 0) is 30.3 Å². The Morgan fingerprint density at radius 1 is 0.714 bits per heavy atom. The second-order valence-electron chi connectivity index (χ2n) is 5.95. The SMILES string of the molecule is O=C(c1ccc(C(=O)c2cc(Cl)ccc2Cl)cc1)c1ccc(P(=O)(O)O)cc1. The van der Waals surface area contributed by atoms with Gasteiger partial charge in [-0.3, -0.25) is 14.2 Å². The lowest BCUT2D eigenvalue weighted by atomic mass is 9.98. The Kier molecular flexibility index (Phi) is 5.84. The van der Waals surface area contributed by atoms with Crippen molar-refractivity contribution in [1.29, 1.82) is 0 Å². The minimum absolute atomic E-state index is 0.164. The van der Waals surface area contributed by atoms with Gasteiger partial charge >= 0.3 is 7.60 Å². The number of rotatable bonds is 5. The van der Waals surface area contributed by atoms with E-state index in [1.165, 1.54) is 60.7 Å². The predicted molar refractivity (Wildman–Crippen MR) is 108 cm³/mol. The van der Waals surface area contributed by atoms with Gasteiger partial charge < -0.3 is 9.79 Å². The van der Waals surface area contributed by atoms with Crippen molar-refractivity contribution < 1.29 is 23.9 Å². The third-order valence-electron chi connectivity index (χ3n) is 4.05. The number of carbonyl (C=O) groups is 2. The molecule has 5 nitrogen and oxygen atoms in total. The van der Waals surface area contributed by atoms with Crippen LogP contribution in [0, 0.1) is 0 Å². The van der Waals surface area contributed by atoms with Gasteiger partial charge in [-0.2, -0.15) is 0 Å². The van der Waals surface area contributed by atoms with Crippen molar-refractivity contribution in [1.82, 2.24) is 0 Å². The molecular formula is C20H13Cl2O5P. The van der Waals surface area contributed by atoms with Crippen molar-refractivity contribution >= 4 is 47.7 Å². The molecule has 0 saturated heterocycles. The van der Waals surface area contributed by atoms with Crippen LogP contribution in [0.25, 0.3) is 0 Å². The molecule has 2 N–H and O–H groups in total. The van der Waals surface area contributed by atoms with Crippen LogP contribution in [0.5, 0.6) is 0 Å². The monoisotopic (exact) mass is 434 g/mol. The van der Waals surface area contributed by atoms with Crippen molar-refractivity contribution in [2.75, 3.05) is 0 Å². The molecule has 0 amide bonds. The molecular weight excluding hydrogens is 422 g/mol. The van der Waals surface area contributed by atoms with E-state index in [0.717, 1.165) is 0 Å². The van der Waals surface area contributed by atoms with Crippen LogP contribution in [0.4, 0.5) is 0 Å². The number of carbonyl (C=O) groups excluding carboxylic acids is 2. The Labute approximate surface area is 170 Å². The average molecular weight is 435 g/mol. The Balaban J connectivity index is 1.84. The Morgan fingerprint density at radius 3 is 1.68 bits per heavy atom. The van der Waals surface area contributed by atoms with Crippen LogP contribution in [-0.4, -0.2) is 21.4 Å². The molecule has 3 aromatic carbocycles. The summed E-state index contributed by atoms with van der Waals surface area (Å²) in [4.78, 5) is 43.4. The maximum Gasteiger partial charge on any atom is 0.356 e. The molecule has 0 radical (unpaired) electrons. The highest BCUT2D eigenvalue weighted by Gasteiger charge is 2.18. The van der Waals surface area contributed by atoms with Crippen molar-refractivity contribution in [2.45, 2.75) is 0 Å². The molecule has 0 unspecified atom stereocenters. The molecule has 0 aromatic heterocycles. The normalized spacial score (nSPS) is 11.3. The first-order valence-electron chi connectivity index (χ1n) is 7.97. The molecule has 0 aliphatic rings. The molecule has 3 rings (SSSR count). The summed E-state index contributed by atoms with van der Waals surface area (Å²) in [6, 6.07) is 15.8. The number of ketones is 2. The van der Waals surface area contributed by atoms with Crippen LogP contribution in [0.15, 0.2) is 66.7 Å². The minimum Gasteiger partial charge on any atom is -0.321 e. The highest BCUT2D eigenvalue weighted by Crippen LogP contribution is 2.33. The maximum atomic E-state index is 12.6. The third-order valence-corrected chi connectivity index (χ3v) is 5.58. The molecule has 0 spiro atoms. The highest BCUT2D eigenvalue weighted by atomic mass is 35.5. The van der Waals surface area contributed by atoms with Gasteiger partial charge in [0.15, 0.2) is 11.6 Å². The van der Waals surface area contributed by atoms with Crippen molar-refractivity contribution in [3.8, 4) is 0 Å². The largest absolute Gasteiger partial charge is 0.356 e. The van der Waals surface area contributed by atoms with E-state index < -0.39 is 7.60 Å². The maximum absolute atomic E-state index is 12.6. The van der Waals surface area contributed by atoms with Gasteiger partial charge in [-0.15, -0.1) is 0 Å². The Morgan fingerprint density at radius 2 is 1.18 bits per heavy atom. The second-order valence-corrected chi connectivity index (χ2v) is 8.40. The van der Waals surface area contributed by atoms with E-state index in [0.29, 0.717) is 16.1 Å². The Bertz CT molecular complexity index is 1100. The van der Waals surface area contributed by atoms with Crippen LogP contribution < -0.4 is 5.30 Å². The summed E-state index contributed by atoms with van der Waals surface area (Å²) in [7, 11) is -4.36. The lowest BCUT2D eigenvalue weighted by Crippen LogP contribution is -2.07. The second kappa shape index (κ2) is 8.00. The lowest BCUT2D eigenvalue weighted by Gasteiger charge is -2.07. The summed E-state index contributed by atoms with van der Waals surface area (Å²) < 4.78 is 11.2. The van der Waals surface area contributed by atoms with Gasteiger partial charge in [-0.25, -0.2) is 0 Å². The smallest absolute Gasteiger partial charge is 0.321 e. The van der Waals surface area contributed by atoms with Crippen LogP contribution >= 0.6 is 30.8 Å². The van der Waals surface area contributed by atoms with Crippen molar-refractivity contribution in [3.63, 3.8) is 0 Å². The van der Waals surface area contributed by atoms with E-state index in [1.807, 2.05) is 0 Å². The molecule has 0 bridgehead atoms. The van der Waals surface area contributed by atoms with Gasteiger partial charge in [0.2, 0.25) is 0 Å². The molecule has 0 fully saturated rings. The first-order chi connectivity index (χ1) is 13.2. The van der Waals surface area contributed by atoms with E-state index in [1.54, 1.807) is 6.07 Å². The fourth-order valence-corrected chi connectivity index (χ4v) is 3.49. The van der Waals surface area contributed by atoms with Crippen molar-refractivity contribution in [2.24, 2.45) is 0 Å². The summed E-state index contributed by atoms with van der Waals surface area (Å²) >= 11 is 12.0. The molecule has 3 aromatic rings. The van der Waals surface area contributed by atoms with E-state index in [-0.39, 0.29) is 33.0 Å². The van der Waals surface area contributed by atoms with E-state index in [4.69, 9.17) is 33.0 Å². The van der Waals surface area contributed by atoms with Crippen LogP contribution in [-0.2, 0) is 4.57 Å². The zero-order chi connectivity index (χ0) is 20.5. The number of hydrogen-bond acceptors (Lipinski definition) is 3. The fraction of sp³-hybridized carbons (Fsp3) is 0. The molecule has 28 heavy (non-hydrogen) atoms. The summed E-state index contributed by atoms with van der Waals surface area (Å²) in [6.45, 7) is 0. The third kappa shape index (κ3) is 4.41.